The first kappa shape index (κ1) is 15.1. The first-order valence-corrected chi connectivity index (χ1v) is 7.66. The Morgan fingerprint density at radius 1 is 1.20 bits per heavy atom. The molecular formula is C14H22N4OS. The molecule has 0 aliphatic heterocycles. The summed E-state index contributed by atoms with van der Waals surface area (Å²) in [6, 6.07) is 0.231. The van der Waals surface area contributed by atoms with Crippen LogP contribution in [0, 0.1) is 13.8 Å². The van der Waals surface area contributed by atoms with Gasteiger partial charge in [0.05, 0.1) is 23.3 Å². The second-order valence-corrected chi connectivity index (χ2v) is 6.86. The van der Waals surface area contributed by atoms with Crippen molar-refractivity contribution in [2.75, 3.05) is 7.05 Å². The Morgan fingerprint density at radius 2 is 1.90 bits per heavy atom. The van der Waals surface area contributed by atoms with E-state index >= 15 is 0 Å². The van der Waals surface area contributed by atoms with Gasteiger partial charge in [-0.2, -0.15) is 0 Å². The van der Waals surface area contributed by atoms with Crippen LogP contribution in [0.4, 0.5) is 0 Å². The summed E-state index contributed by atoms with van der Waals surface area (Å²) in [5.41, 5.74) is 1.14. The largest absolute Gasteiger partial charge is 0.424 e. The van der Waals surface area contributed by atoms with E-state index in [0.717, 1.165) is 10.7 Å². The summed E-state index contributed by atoms with van der Waals surface area (Å²) >= 11 is 1.74. The minimum absolute atomic E-state index is 0.231. The van der Waals surface area contributed by atoms with Crippen LogP contribution in [0.15, 0.2) is 4.42 Å². The number of nitrogens with zero attached hydrogens (tertiary/aromatic N) is 4. The summed E-state index contributed by atoms with van der Waals surface area (Å²) in [4.78, 5) is 8.07. The van der Waals surface area contributed by atoms with Gasteiger partial charge in [0.1, 0.15) is 0 Å². The second kappa shape index (κ2) is 6.01. The van der Waals surface area contributed by atoms with Crippen LogP contribution in [0.3, 0.4) is 0 Å². The van der Waals surface area contributed by atoms with Crippen molar-refractivity contribution in [1.29, 1.82) is 0 Å². The average molecular weight is 294 g/mol. The Balaban J connectivity index is 2.07. The van der Waals surface area contributed by atoms with Crippen LogP contribution in [0.25, 0.3) is 0 Å². The third kappa shape index (κ3) is 3.24. The number of hydrogen-bond acceptors (Lipinski definition) is 6. The van der Waals surface area contributed by atoms with Gasteiger partial charge in [-0.25, -0.2) is 4.98 Å². The smallest absolute Gasteiger partial charge is 0.230 e. The maximum atomic E-state index is 5.66. The summed E-state index contributed by atoms with van der Waals surface area (Å²) in [5, 5.41) is 9.28. The fourth-order valence-electron chi connectivity index (χ4n) is 2.06. The number of aryl methyl sites for hydroxylation is 2. The van der Waals surface area contributed by atoms with E-state index in [1.807, 2.05) is 20.8 Å². The van der Waals surface area contributed by atoms with Gasteiger partial charge in [-0.05, 0) is 27.8 Å². The molecule has 0 spiro atoms. The van der Waals surface area contributed by atoms with E-state index in [-0.39, 0.29) is 12.0 Å². The molecule has 2 aromatic rings. The first-order chi connectivity index (χ1) is 9.38. The van der Waals surface area contributed by atoms with Crippen molar-refractivity contribution in [3.8, 4) is 0 Å². The predicted octanol–water partition coefficient (Wildman–Crippen LogP) is 3.46. The molecule has 0 saturated heterocycles. The zero-order valence-corrected chi connectivity index (χ0v) is 13.8. The molecule has 0 aliphatic rings. The van der Waals surface area contributed by atoms with E-state index in [9.17, 15) is 0 Å². The molecule has 5 nitrogen and oxygen atoms in total. The van der Waals surface area contributed by atoms with Crippen LogP contribution >= 0.6 is 11.3 Å². The van der Waals surface area contributed by atoms with Gasteiger partial charge in [-0.1, -0.05) is 13.8 Å². The lowest BCUT2D eigenvalue weighted by atomic mass is 10.2. The van der Waals surface area contributed by atoms with Gasteiger partial charge in [-0.15, -0.1) is 21.5 Å². The van der Waals surface area contributed by atoms with Gasteiger partial charge in [0.2, 0.25) is 11.8 Å². The van der Waals surface area contributed by atoms with Gasteiger partial charge in [-0.3, -0.25) is 4.90 Å². The molecule has 0 aromatic carbocycles. The zero-order chi connectivity index (χ0) is 14.9. The van der Waals surface area contributed by atoms with E-state index in [0.29, 0.717) is 18.3 Å². The lowest BCUT2D eigenvalue weighted by Crippen LogP contribution is -2.23. The van der Waals surface area contributed by atoms with E-state index in [1.165, 1.54) is 4.88 Å². The predicted molar refractivity (Wildman–Crippen MR) is 79.9 cm³/mol. The molecule has 0 fully saturated rings. The summed E-state index contributed by atoms with van der Waals surface area (Å²) < 4.78 is 5.66. The molecule has 0 saturated carbocycles. The molecule has 0 radical (unpaired) electrons. The Bertz CT molecular complexity index is 575. The van der Waals surface area contributed by atoms with Gasteiger partial charge in [0, 0.05) is 10.8 Å². The highest BCUT2D eigenvalue weighted by molar-refractivity contribution is 7.11. The molecule has 20 heavy (non-hydrogen) atoms. The summed E-state index contributed by atoms with van der Waals surface area (Å²) in [6.07, 6.45) is 0. The molecular weight excluding hydrogens is 272 g/mol. The van der Waals surface area contributed by atoms with Crippen LogP contribution in [-0.4, -0.2) is 27.1 Å². The Morgan fingerprint density at radius 3 is 2.40 bits per heavy atom. The topological polar surface area (TPSA) is 55.1 Å². The molecule has 110 valence electrons. The van der Waals surface area contributed by atoms with Crippen LogP contribution in [0.2, 0.25) is 0 Å². The summed E-state index contributed by atoms with van der Waals surface area (Å²) in [7, 11) is 2.05. The van der Waals surface area contributed by atoms with Crippen molar-refractivity contribution in [2.24, 2.45) is 0 Å². The van der Waals surface area contributed by atoms with Gasteiger partial charge < -0.3 is 4.42 Å². The SMILES string of the molecule is Cc1nc([C@H](C)N(C)Cc2nnc(C(C)C)o2)c(C)s1. The normalized spacial score (nSPS) is 13.4. The van der Waals surface area contributed by atoms with Crippen molar-refractivity contribution in [3.63, 3.8) is 0 Å². The van der Waals surface area contributed by atoms with Crippen molar-refractivity contribution < 1.29 is 4.42 Å². The molecule has 0 unspecified atom stereocenters. The number of rotatable bonds is 5. The number of hydrogen-bond donors (Lipinski definition) is 0. The van der Waals surface area contributed by atoms with Crippen LogP contribution in [-0.2, 0) is 6.54 Å². The minimum Gasteiger partial charge on any atom is -0.424 e. The molecule has 0 N–H and O–H groups in total. The van der Waals surface area contributed by atoms with E-state index < -0.39 is 0 Å². The van der Waals surface area contributed by atoms with Crippen LogP contribution in [0.1, 0.15) is 60.1 Å². The lowest BCUT2D eigenvalue weighted by molar-refractivity contribution is 0.221. The fourth-order valence-corrected chi connectivity index (χ4v) is 2.96. The van der Waals surface area contributed by atoms with E-state index in [4.69, 9.17) is 4.42 Å². The average Bonchev–Trinajstić information content (AvgIpc) is 2.95. The highest BCUT2D eigenvalue weighted by Crippen LogP contribution is 2.27. The second-order valence-electron chi connectivity index (χ2n) is 5.45. The molecule has 0 aliphatic carbocycles. The monoisotopic (exact) mass is 294 g/mol. The molecule has 2 rings (SSSR count). The van der Waals surface area contributed by atoms with E-state index in [2.05, 4.69) is 41.0 Å². The van der Waals surface area contributed by atoms with Crippen molar-refractivity contribution in [1.82, 2.24) is 20.1 Å². The maximum Gasteiger partial charge on any atom is 0.230 e. The molecule has 2 heterocycles. The summed E-state index contributed by atoms with van der Waals surface area (Å²) in [6.45, 7) is 11.0. The Kier molecular flexibility index (Phi) is 4.55. The summed E-state index contributed by atoms with van der Waals surface area (Å²) in [5.74, 6) is 1.62. The van der Waals surface area contributed by atoms with Crippen molar-refractivity contribution in [3.05, 3.63) is 27.4 Å². The minimum atomic E-state index is 0.231. The Labute approximate surface area is 124 Å². The molecule has 2 aromatic heterocycles. The first-order valence-electron chi connectivity index (χ1n) is 6.85. The number of aromatic nitrogens is 3. The Hall–Kier alpha value is -1.27. The maximum absolute atomic E-state index is 5.66. The van der Waals surface area contributed by atoms with Gasteiger partial charge in [0.15, 0.2) is 0 Å². The molecule has 6 heteroatoms. The highest BCUT2D eigenvalue weighted by Gasteiger charge is 2.20. The molecule has 0 amide bonds. The lowest BCUT2D eigenvalue weighted by Gasteiger charge is -2.22. The van der Waals surface area contributed by atoms with Gasteiger partial charge >= 0.3 is 0 Å². The fraction of sp³-hybridized carbons (Fsp3) is 0.643. The van der Waals surface area contributed by atoms with Crippen LogP contribution in [0.5, 0.6) is 0 Å². The van der Waals surface area contributed by atoms with Crippen molar-refractivity contribution in [2.45, 2.75) is 53.1 Å². The quantitative estimate of drug-likeness (QED) is 0.845. The zero-order valence-electron chi connectivity index (χ0n) is 13.0. The van der Waals surface area contributed by atoms with E-state index in [1.54, 1.807) is 11.3 Å². The van der Waals surface area contributed by atoms with Crippen LogP contribution < -0.4 is 0 Å². The standard InChI is InChI=1S/C14H22N4OS/c1-8(2)14-17-16-12(19-14)7-18(6)9(3)13-10(4)20-11(5)15-13/h8-9H,7H2,1-6H3/t9-/m0/s1. The highest BCUT2D eigenvalue weighted by atomic mass is 32.1. The van der Waals surface area contributed by atoms with Crippen molar-refractivity contribution >= 4 is 11.3 Å². The molecule has 1 atom stereocenters. The third-order valence-corrected chi connectivity index (χ3v) is 4.26. The van der Waals surface area contributed by atoms with Gasteiger partial charge in [0.25, 0.3) is 0 Å². The number of thiazole rings is 1. The third-order valence-electron chi connectivity index (χ3n) is 3.36. The molecule has 0 bridgehead atoms.